The van der Waals surface area contributed by atoms with Crippen LogP contribution in [0.5, 0.6) is 0 Å². The van der Waals surface area contributed by atoms with Crippen molar-refractivity contribution >= 4 is 78.9 Å². The molecule has 5 aromatic carbocycles. The lowest BCUT2D eigenvalue weighted by Gasteiger charge is -2.29. The van der Waals surface area contributed by atoms with Crippen molar-refractivity contribution in [2.24, 2.45) is 5.92 Å². The van der Waals surface area contributed by atoms with Crippen LogP contribution in [-0.2, 0) is 0 Å². The fourth-order valence-electron chi connectivity index (χ4n) is 9.72. The zero-order valence-corrected chi connectivity index (χ0v) is 35.1. The maximum absolute atomic E-state index is 14.7. The van der Waals surface area contributed by atoms with Gasteiger partial charge in [-0.3, -0.25) is 19.2 Å². The second kappa shape index (κ2) is 17.8. The number of hydrogen-bond donors (Lipinski definition) is 0. The minimum atomic E-state index is -0.0862. The Kier molecular flexibility index (Phi) is 12.7. The summed E-state index contributed by atoms with van der Waals surface area (Å²) in [6.07, 6.45) is 15.9. The molecule has 2 fully saturated rings. The lowest BCUT2D eigenvalue weighted by atomic mass is 9.82. The summed E-state index contributed by atoms with van der Waals surface area (Å²) in [6.45, 7) is 11.5. The van der Waals surface area contributed by atoms with E-state index in [9.17, 15) is 19.2 Å². The lowest BCUT2D eigenvalue weighted by Crippen LogP contribution is -2.29. The molecule has 57 heavy (non-hydrogen) atoms. The van der Waals surface area contributed by atoms with E-state index >= 15 is 0 Å². The first-order valence-corrected chi connectivity index (χ1v) is 21.9. The summed E-state index contributed by atoms with van der Waals surface area (Å²) in [7, 11) is 3.76. The van der Waals surface area contributed by atoms with Crippen molar-refractivity contribution in [1.82, 2.24) is 9.80 Å². The molecule has 0 aliphatic carbocycles. The summed E-state index contributed by atoms with van der Waals surface area (Å²) in [4.78, 5) is 63.8. The number of amides is 2. The molecule has 2 aliphatic heterocycles. The van der Waals surface area contributed by atoms with E-state index in [-0.39, 0.29) is 11.8 Å². The Morgan fingerprint density at radius 1 is 0.596 bits per heavy atom. The first-order valence-electron chi connectivity index (χ1n) is 21.9. The highest BCUT2D eigenvalue weighted by Gasteiger charge is 2.31. The second-order valence-electron chi connectivity index (χ2n) is 17.3. The molecule has 2 aliphatic rings. The molecule has 302 valence electrons. The number of carbonyl (C=O) groups is 4. The average Bonchev–Trinajstić information content (AvgIpc) is 3.97. The van der Waals surface area contributed by atoms with Crippen LogP contribution in [0.3, 0.4) is 0 Å². The van der Waals surface area contributed by atoms with Crippen molar-refractivity contribution in [1.29, 1.82) is 0 Å². The van der Waals surface area contributed by atoms with Crippen LogP contribution in [-0.4, -0.2) is 87.6 Å². The fourth-order valence-corrected chi connectivity index (χ4v) is 9.72. The zero-order chi connectivity index (χ0) is 40.2. The van der Waals surface area contributed by atoms with Gasteiger partial charge < -0.3 is 19.6 Å². The first kappa shape index (κ1) is 40.5. The monoisotopic (exact) mass is 770 g/mol. The Bertz CT molecular complexity index is 2270. The van der Waals surface area contributed by atoms with Crippen LogP contribution in [0.1, 0.15) is 146 Å². The molecule has 8 heteroatoms. The number of anilines is 2. The second-order valence-corrected chi connectivity index (χ2v) is 17.3. The van der Waals surface area contributed by atoms with Crippen molar-refractivity contribution in [3.05, 3.63) is 58.7 Å². The predicted molar refractivity (Wildman–Crippen MR) is 237 cm³/mol. The quantitative estimate of drug-likeness (QED) is 0.0382. The maximum atomic E-state index is 14.7. The topological polar surface area (TPSA) is 81.2 Å². The van der Waals surface area contributed by atoms with Gasteiger partial charge in [0.1, 0.15) is 0 Å². The third-order valence-corrected chi connectivity index (χ3v) is 12.8. The predicted octanol–water partition coefficient (Wildman–Crippen LogP) is 10.9. The van der Waals surface area contributed by atoms with Crippen molar-refractivity contribution < 1.29 is 19.2 Å². The van der Waals surface area contributed by atoms with Crippen molar-refractivity contribution in [3.8, 4) is 0 Å². The largest absolute Gasteiger partial charge is 0.371 e. The third kappa shape index (κ3) is 7.81. The molecule has 5 aromatic rings. The molecule has 2 amide bonds. The van der Waals surface area contributed by atoms with Crippen LogP contribution in [0.15, 0.2) is 36.4 Å². The summed E-state index contributed by atoms with van der Waals surface area (Å²) >= 11 is 0. The molecule has 7 rings (SSSR count). The van der Waals surface area contributed by atoms with Gasteiger partial charge in [-0.25, -0.2) is 0 Å². The molecule has 0 N–H and O–H groups in total. The Balaban J connectivity index is 1.49. The number of unbranched alkanes of at least 4 members (excludes halogenated alkanes) is 6. The van der Waals surface area contributed by atoms with E-state index < -0.39 is 0 Å². The SMILES string of the molecule is CCCCCCN(C)C(=O)c1ccc2c3c(N4CCCC4)cc(C(=O)N(C)CCCCCCC(C)C)c4c(C=O)ccc(c5c(N6CCCC6)cc(C=O)c1c25)c43. The number of carbonyl (C=O) groups excluding carboxylic acids is 4. The normalized spacial score (nSPS) is 14.6. The number of fused-ring (bicyclic) bond motifs is 2. The standard InChI is InChI=1S/C49H62N4O4/c1-6-7-8-12-23-50(4)48(56)38-22-21-37-45-41(53-27-16-17-28-53)30-39(49(57)51(5)24-13-10-9-11-18-33(2)3)42-34(31-54)19-20-36(46(42)45)44-40(52-25-14-15-26-52)29-35(32-55)43(38)47(37)44/h19-22,29-33H,6-18,23-28H2,1-5H3. The molecule has 8 nitrogen and oxygen atoms in total. The molecule has 0 radical (unpaired) electrons. The molecule has 0 aromatic heterocycles. The molecule has 0 spiro atoms. The summed E-state index contributed by atoms with van der Waals surface area (Å²) < 4.78 is 0. The fraction of sp³-hybridized carbons (Fsp3) is 0.510. The molecular weight excluding hydrogens is 709 g/mol. The van der Waals surface area contributed by atoms with Gasteiger partial charge in [0.15, 0.2) is 12.6 Å². The number of hydrogen-bond acceptors (Lipinski definition) is 6. The Labute approximate surface area is 338 Å². The molecule has 0 bridgehead atoms. The minimum absolute atomic E-state index is 0.0700. The highest BCUT2D eigenvalue weighted by molar-refractivity contribution is 6.41. The van der Waals surface area contributed by atoms with Crippen LogP contribution < -0.4 is 9.80 Å². The lowest BCUT2D eigenvalue weighted by molar-refractivity contribution is 0.0787. The number of aldehydes is 2. The Morgan fingerprint density at radius 3 is 1.63 bits per heavy atom. The van der Waals surface area contributed by atoms with Crippen molar-refractivity contribution in [3.63, 3.8) is 0 Å². The van der Waals surface area contributed by atoms with Gasteiger partial charge in [0.2, 0.25) is 0 Å². The van der Waals surface area contributed by atoms with Gasteiger partial charge in [0.05, 0.1) is 5.56 Å². The molecule has 2 heterocycles. The minimum Gasteiger partial charge on any atom is -0.371 e. The van der Waals surface area contributed by atoms with Crippen LogP contribution in [0.25, 0.3) is 43.1 Å². The van der Waals surface area contributed by atoms with Gasteiger partial charge in [-0.05, 0) is 73.4 Å². The van der Waals surface area contributed by atoms with Gasteiger partial charge in [0, 0.05) is 114 Å². The van der Waals surface area contributed by atoms with E-state index in [1.807, 2.05) is 49.3 Å². The Morgan fingerprint density at radius 2 is 1.09 bits per heavy atom. The Hall–Kier alpha value is -4.72. The van der Waals surface area contributed by atoms with E-state index in [0.29, 0.717) is 52.0 Å². The van der Waals surface area contributed by atoms with Gasteiger partial charge in [-0.15, -0.1) is 0 Å². The highest BCUT2D eigenvalue weighted by atomic mass is 16.2. The first-order chi connectivity index (χ1) is 27.7. The van der Waals surface area contributed by atoms with Crippen LogP contribution in [0, 0.1) is 5.92 Å². The van der Waals surface area contributed by atoms with Gasteiger partial charge >= 0.3 is 0 Å². The van der Waals surface area contributed by atoms with Crippen LogP contribution >= 0.6 is 0 Å². The van der Waals surface area contributed by atoms with Gasteiger partial charge in [0.25, 0.3) is 11.8 Å². The van der Waals surface area contributed by atoms with E-state index in [1.165, 1.54) is 12.8 Å². The summed E-state index contributed by atoms with van der Waals surface area (Å²) in [5, 5.41) is 7.05. The number of benzene rings is 5. The zero-order valence-electron chi connectivity index (χ0n) is 35.1. The summed E-state index contributed by atoms with van der Waals surface area (Å²) in [5.41, 5.74) is 4.06. The highest BCUT2D eigenvalue weighted by Crippen LogP contribution is 2.51. The van der Waals surface area contributed by atoms with E-state index in [2.05, 4.69) is 36.6 Å². The molecule has 0 unspecified atom stereocenters. The van der Waals surface area contributed by atoms with Crippen LogP contribution in [0.4, 0.5) is 11.4 Å². The number of rotatable bonds is 18. The van der Waals surface area contributed by atoms with Crippen molar-refractivity contribution in [2.75, 3.05) is 63.2 Å². The molecule has 0 atom stereocenters. The van der Waals surface area contributed by atoms with E-state index in [1.54, 1.807) is 4.90 Å². The molecule has 2 saturated heterocycles. The summed E-state index contributed by atoms with van der Waals surface area (Å²) in [5.74, 6) is 0.546. The van der Waals surface area contributed by atoms with Gasteiger partial charge in [-0.1, -0.05) is 83.9 Å². The van der Waals surface area contributed by atoms with Crippen LogP contribution in [0.2, 0.25) is 0 Å². The molecule has 0 saturated carbocycles. The van der Waals surface area contributed by atoms with E-state index in [0.717, 1.165) is 153 Å². The van der Waals surface area contributed by atoms with Crippen molar-refractivity contribution in [2.45, 2.75) is 104 Å². The van der Waals surface area contributed by atoms with E-state index in [4.69, 9.17) is 0 Å². The summed E-state index contributed by atoms with van der Waals surface area (Å²) in [6, 6.07) is 11.9. The average molecular weight is 771 g/mol. The third-order valence-electron chi connectivity index (χ3n) is 12.8. The maximum Gasteiger partial charge on any atom is 0.254 e. The number of nitrogens with zero attached hydrogens (tertiary/aromatic N) is 4. The molecular formula is C49H62N4O4. The van der Waals surface area contributed by atoms with Gasteiger partial charge in [-0.2, -0.15) is 0 Å². The smallest absolute Gasteiger partial charge is 0.254 e.